The standard InChI is InChI=1S/C49H38O3/c1-32-12-16-37(17-13-32)49(45-31-15-33-8-4-6-10-42(33)46(45)44-30-14-34-9-5-7-11-43(34)47(44)49)38-22-28-41(29-23-38)52-40-26-20-36(21-27-40)48(2,50)35-18-24-39(51-3)25-19-35/h4-31,50H,1-3H3. The molecule has 1 aliphatic carbocycles. The zero-order valence-corrected chi connectivity index (χ0v) is 29.4. The third-order valence-electron chi connectivity index (χ3n) is 11.0. The number of ether oxygens (including phenoxy) is 2. The van der Waals surface area contributed by atoms with Gasteiger partial charge in [-0.1, -0.05) is 139 Å². The van der Waals surface area contributed by atoms with E-state index in [-0.39, 0.29) is 0 Å². The SMILES string of the molecule is COc1ccc(C(C)(O)c2ccc(Oc3ccc(C4(c5ccc(C)cc5)c5ccc6ccccc6c5-c5ccc6ccccc6c54)cc3)cc2)cc1. The molecule has 0 amide bonds. The average molecular weight is 675 g/mol. The molecule has 1 N–H and O–H groups in total. The Labute approximate surface area is 304 Å². The van der Waals surface area contributed by atoms with Gasteiger partial charge in [0.1, 0.15) is 22.8 Å². The minimum atomic E-state index is -1.17. The van der Waals surface area contributed by atoms with E-state index in [1.54, 1.807) is 14.0 Å². The number of hydrogen-bond donors (Lipinski definition) is 1. The molecule has 2 atom stereocenters. The Hall–Kier alpha value is -6.16. The van der Waals surface area contributed by atoms with Gasteiger partial charge in [-0.25, -0.2) is 0 Å². The Morgan fingerprint density at radius 2 is 1.02 bits per heavy atom. The summed E-state index contributed by atoms with van der Waals surface area (Å²) in [4.78, 5) is 0. The minimum absolute atomic E-state index is 0.559. The van der Waals surface area contributed by atoms with E-state index >= 15 is 0 Å². The van der Waals surface area contributed by atoms with Gasteiger partial charge in [0.25, 0.3) is 0 Å². The van der Waals surface area contributed by atoms with Crippen LogP contribution >= 0.6 is 0 Å². The van der Waals surface area contributed by atoms with Crippen LogP contribution in [0.1, 0.15) is 45.9 Å². The number of aryl methyl sites for hydroxylation is 1. The molecule has 8 aromatic carbocycles. The van der Waals surface area contributed by atoms with Crippen molar-refractivity contribution in [2.45, 2.75) is 24.9 Å². The number of aliphatic hydroxyl groups is 1. The fourth-order valence-electron chi connectivity index (χ4n) is 8.30. The van der Waals surface area contributed by atoms with Gasteiger partial charge >= 0.3 is 0 Å². The molecule has 3 nitrogen and oxygen atoms in total. The Morgan fingerprint density at radius 1 is 0.519 bits per heavy atom. The summed E-state index contributed by atoms with van der Waals surface area (Å²) in [5.74, 6) is 2.19. The lowest BCUT2D eigenvalue weighted by Gasteiger charge is -2.35. The fourth-order valence-corrected chi connectivity index (χ4v) is 8.30. The highest BCUT2D eigenvalue weighted by Gasteiger charge is 2.47. The molecule has 0 aliphatic heterocycles. The molecule has 52 heavy (non-hydrogen) atoms. The second kappa shape index (κ2) is 12.3. The Kier molecular flexibility index (Phi) is 7.50. The van der Waals surface area contributed by atoms with Crippen molar-refractivity contribution in [3.8, 4) is 28.4 Å². The molecule has 0 aromatic heterocycles. The normalized spacial score (nSPS) is 15.9. The lowest BCUT2D eigenvalue weighted by atomic mass is 9.66. The first kappa shape index (κ1) is 31.8. The zero-order valence-electron chi connectivity index (χ0n) is 29.4. The molecule has 0 fully saturated rings. The van der Waals surface area contributed by atoms with E-state index in [1.807, 2.05) is 48.5 Å². The van der Waals surface area contributed by atoms with Crippen LogP contribution in [-0.2, 0) is 11.0 Å². The predicted octanol–water partition coefficient (Wildman–Crippen LogP) is 11.7. The molecule has 0 bridgehead atoms. The second-order valence-electron chi connectivity index (χ2n) is 14.0. The molecular formula is C49H38O3. The maximum atomic E-state index is 11.5. The summed E-state index contributed by atoms with van der Waals surface area (Å²) in [6, 6.07) is 59.6. The maximum Gasteiger partial charge on any atom is 0.127 e. The van der Waals surface area contributed by atoms with Crippen molar-refractivity contribution in [3.63, 3.8) is 0 Å². The minimum Gasteiger partial charge on any atom is -0.497 e. The molecule has 9 rings (SSSR count). The molecule has 0 radical (unpaired) electrons. The van der Waals surface area contributed by atoms with Gasteiger partial charge in [-0.15, -0.1) is 0 Å². The summed E-state index contributed by atoms with van der Waals surface area (Å²) in [7, 11) is 1.64. The highest BCUT2D eigenvalue weighted by molar-refractivity contribution is 6.08. The molecule has 252 valence electrons. The molecule has 0 saturated carbocycles. The second-order valence-corrected chi connectivity index (χ2v) is 14.0. The monoisotopic (exact) mass is 674 g/mol. The van der Waals surface area contributed by atoms with Gasteiger partial charge < -0.3 is 14.6 Å². The molecule has 8 aromatic rings. The van der Waals surface area contributed by atoms with Crippen LogP contribution in [0, 0.1) is 6.92 Å². The smallest absolute Gasteiger partial charge is 0.127 e. The Morgan fingerprint density at radius 3 is 1.63 bits per heavy atom. The molecule has 0 saturated heterocycles. The van der Waals surface area contributed by atoms with E-state index < -0.39 is 11.0 Å². The highest BCUT2D eigenvalue weighted by Crippen LogP contribution is 2.59. The number of fused-ring (bicyclic) bond motifs is 7. The summed E-state index contributed by atoms with van der Waals surface area (Å²) < 4.78 is 11.7. The molecule has 3 heteroatoms. The molecule has 1 aliphatic rings. The van der Waals surface area contributed by atoms with Crippen LogP contribution in [0.4, 0.5) is 0 Å². The number of methoxy groups -OCH3 is 1. The van der Waals surface area contributed by atoms with Crippen LogP contribution in [0.15, 0.2) is 170 Å². The largest absolute Gasteiger partial charge is 0.497 e. The van der Waals surface area contributed by atoms with Gasteiger partial charge in [-0.3, -0.25) is 0 Å². The van der Waals surface area contributed by atoms with Crippen molar-refractivity contribution in [1.82, 2.24) is 0 Å². The third-order valence-corrected chi connectivity index (χ3v) is 11.0. The van der Waals surface area contributed by atoms with Crippen LogP contribution in [0.25, 0.3) is 32.7 Å². The molecule has 2 unspecified atom stereocenters. The van der Waals surface area contributed by atoms with Crippen molar-refractivity contribution < 1.29 is 14.6 Å². The average Bonchev–Trinajstić information content (AvgIpc) is 3.51. The topological polar surface area (TPSA) is 38.7 Å². The van der Waals surface area contributed by atoms with E-state index in [0.717, 1.165) is 22.6 Å². The van der Waals surface area contributed by atoms with Crippen molar-refractivity contribution in [3.05, 3.63) is 209 Å². The first-order valence-corrected chi connectivity index (χ1v) is 17.8. The van der Waals surface area contributed by atoms with E-state index in [9.17, 15) is 5.11 Å². The van der Waals surface area contributed by atoms with Gasteiger partial charge in [-0.05, 0) is 116 Å². The number of hydrogen-bond acceptors (Lipinski definition) is 3. The van der Waals surface area contributed by atoms with Crippen LogP contribution < -0.4 is 9.47 Å². The van der Waals surface area contributed by atoms with Crippen molar-refractivity contribution in [2.24, 2.45) is 0 Å². The predicted molar refractivity (Wildman–Crippen MR) is 212 cm³/mol. The van der Waals surface area contributed by atoms with Gasteiger partial charge in [-0.2, -0.15) is 0 Å². The zero-order chi connectivity index (χ0) is 35.5. The van der Waals surface area contributed by atoms with E-state index in [1.165, 1.54) is 60.5 Å². The summed E-state index contributed by atoms with van der Waals surface area (Å²) in [5, 5.41) is 16.4. The van der Waals surface area contributed by atoms with Gasteiger partial charge in [0.2, 0.25) is 0 Å². The van der Waals surface area contributed by atoms with E-state index in [2.05, 4.69) is 128 Å². The molecular weight excluding hydrogens is 637 g/mol. The van der Waals surface area contributed by atoms with E-state index in [4.69, 9.17) is 9.47 Å². The summed E-state index contributed by atoms with van der Waals surface area (Å²) in [5.41, 5.74) is 8.66. The Balaban J connectivity index is 1.16. The lowest BCUT2D eigenvalue weighted by molar-refractivity contribution is 0.102. The number of rotatable bonds is 7. The van der Waals surface area contributed by atoms with Gasteiger partial charge in [0, 0.05) is 0 Å². The van der Waals surface area contributed by atoms with Gasteiger partial charge in [0.15, 0.2) is 0 Å². The lowest BCUT2D eigenvalue weighted by Crippen LogP contribution is -2.29. The van der Waals surface area contributed by atoms with Crippen LogP contribution in [-0.4, -0.2) is 12.2 Å². The molecule has 0 spiro atoms. The van der Waals surface area contributed by atoms with Crippen molar-refractivity contribution in [2.75, 3.05) is 7.11 Å². The third kappa shape index (κ3) is 4.92. The summed E-state index contributed by atoms with van der Waals surface area (Å²) >= 11 is 0. The van der Waals surface area contributed by atoms with Crippen molar-refractivity contribution in [1.29, 1.82) is 0 Å². The maximum absolute atomic E-state index is 11.5. The highest BCUT2D eigenvalue weighted by atomic mass is 16.5. The van der Waals surface area contributed by atoms with Crippen LogP contribution in [0.2, 0.25) is 0 Å². The summed E-state index contributed by atoms with van der Waals surface area (Å²) in [6.07, 6.45) is 0. The quantitative estimate of drug-likeness (QED) is 0.183. The fraction of sp³-hybridized carbons (Fsp3) is 0.102. The van der Waals surface area contributed by atoms with Crippen molar-refractivity contribution >= 4 is 21.5 Å². The van der Waals surface area contributed by atoms with Crippen LogP contribution in [0.3, 0.4) is 0 Å². The summed E-state index contributed by atoms with van der Waals surface area (Å²) in [6.45, 7) is 3.95. The van der Waals surface area contributed by atoms with Gasteiger partial charge in [0.05, 0.1) is 12.5 Å². The molecule has 0 heterocycles. The first-order chi connectivity index (χ1) is 25.4. The number of benzene rings is 8. The van der Waals surface area contributed by atoms with E-state index in [0.29, 0.717) is 5.75 Å². The van der Waals surface area contributed by atoms with Crippen LogP contribution in [0.5, 0.6) is 17.2 Å². The first-order valence-electron chi connectivity index (χ1n) is 17.8. The Bertz CT molecular complexity index is 2580.